The molecule has 0 atom stereocenters. The summed E-state index contributed by atoms with van der Waals surface area (Å²) < 4.78 is 0. The predicted octanol–water partition coefficient (Wildman–Crippen LogP) is 4.44. The molecule has 0 radical (unpaired) electrons. The highest BCUT2D eigenvalue weighted by molar-refractivity contribution is 6.23. The monoisotopic (exact) mass is 339 g/mol. The van der Waals surface area contributed by atoms with Gasteiger partial charge >= 0.3 is 0 Å². The van der Waals surface area contributed by atoms with E-state index in [9.17, 15) is 9.59 Å². The van der Waals surface area contributed by atoms with E-state index >= 15 is 0 Å². The summed E-state index contributed by atoms with van der Waals surface area (Å²) in [6.45, 7) is 0.465. The van der Waals surface area contributed by atoms with Gasteiger partial charge in [0.05, 0.1) is 0 Å². The molecule has 3 nitrogen and oxygen atoms in total. The molecule has 126 valence electrons. The molecule has 1 aliphatic rings. The van der Waals surface area contributed by atoms with Gasteiger partial charge in [0.1, 0.15) is 0 Å². The summed E-state index contributed by atoms with van der Waals surface area (Å²) in [7, 11) is 0. The van der Waals surface area contributed by atoms with Gasteiger partial charge in [-0.3, -0.25) is 14.5 Å². The lowest BCUT2D eigenvalue weighted by molar-refractivity contribution is -0.136. The summed E-state index contributed by atoms with van der Waals surface area (Å²) in [6, 6.07) is 19.5. The van der Waals surface area contributed by atoms with Crippen LogP contribution in [0.3, 0.4) is 0 Å². The number of hydrogen-bond donors (Lipinski definition) is 0. The van der Waals surface area contributed by atoms with Crippen molar-refractivity contribution in [3.8, 4) is 0 Å². The van der Waals surface area contributed by atoms with Gasteiger partial charge in [0.2, 0.25) is 0 Å². The van der Waals surface area contributed by atoms with Gasteiger partial charge in [-0.1, -0.05) is 54.6 Å². The van der Waals surface area contributed by atoms with Crippen molar-refractivity contribution in [2.45, 2.75) is 12.8 Å². The van der Waals surface area contributed by atoms with E-state index in [1.807, 2.05) is 0 Å². The topological polar surface area (TPSA) is 37.4 Å². The van der Waals surface area contributed by atoms with Crippen LogP contribution in [0.5, 0.6) is 0 Å². The third-order valence-corrected chi connectivity index (χ3v) is 5.35. The molecule has 0 bridgehead atoms. The van der Waals surface area contributed by atoms with Crippen LogP contribution >= 0.6 is 0 Å². The molecule has 0 N–H and O–H groups in total. The van der Waals surface area contributed by atoms with Gasteiger partial charge in [-0.2, -0.15) is 0 Å². The van der Waals surface area contributed by atoms with Gasteiger partial charge in [0.25, 0.3) is 11.8 Å². The molecule has 0 saturated heterocycles. The van der Waals surface area contributed by atoms with E-state index in [0.717, 1.165) is 12.8 Å². The Balaban J connectivity index is 1.52. The third-order valence-electron chi connectivity index (χ3n) is 5.35. The first-order valence-corrected chi connectivity index (χ1v) is 8.91. The molecule has 0 fully saturated rings. The Morgan fingerprint density at radius 2 is 1.31 bits per heavy atom. The fourth-order valence-electron chi connectivity index (χ4n) is 4.09. The summed E-state index contributed by atoms with van der Waals surface area (Å²) in [5.41, 5.74) is 1.27. The van der Waals surface area contributed by atoms with Crippen molar-refractivity contribution < 1.29 is 9.59 Å². The zero-order chi connectivity index (χ0) is 17.7. The molecule has 0 unspecified atom stereocenters. The zero-order valence-corrected chi connectivity index (χ0v) is 14.2. The fraction of sp³-hybridized carbons (Fsp3) is 0.130. The number of benzene rings is 4. The molecule has 0 aliphatic carbocycles. The minimum atomic E-state index is -0.203. The van der Waals surface area contributed by atoms with E-state index in [4.69, 9.17) is 0 Å². The summed E-state index contributed by atoms with van der Waals surface area (Å²) in [6.07, 6.45) is 4.30. The molecule has 1 aliphatic heterocycles. The third kappa shape index (κ3) is 2.21. The first-order valence-electron chi connectivity index (χ1n) is 8.91. The van der Waals surface area contributed by atoms with Crippen LogP contribution in [-0.2, 0) is 16.0 Å². The number of carbonyl (C=O) groups is 2. The largest absolute Gasteiger partial charge is 0.275 e. The van der Waals surface area contributed by atoms with Crippen LogP contribution in [0, 0.1) is 0 Å². The van der Waals surface area contributed by atoms with Crippen LogP contribution in [0.4, 0.5) is 0 Å². The molecule has 4 aromatic carbocycles. The Morgan fingerprint density at radius 1 is 0.692 bits per heavy atom. The molecule has 0 spiro atoms. The number of carbonyl (C=O) groups excluding carboxylic acids is 2. The van der Waals surface area contributed by atoms with Gasteiger partial charge in [0, 0.05) is 18.7 Å². The maximum Gasteiger partial charge on any atom is 0.253 e. The van der Waals surface area contributed by atoms with Crippen LogP contribution < -0.4 is 0 Å². The fourth-order valence-corrected chi connectivity index (χ4v) is 4.09. The SMILES string of the molecule is O=C1C=CC(=O)N1CCCc1ccc2ccc3cccc4ccc1c2c34. The first kappa shape index (κ1) is 15.1. The minimum Gasteiger partial charge on any atom is -0.275 e. The van der Waals surface area contributed by atoms with Crippen molar-refractivity contribution in [2.24, 2.45) is 0 Å². The highest BCUT2D eigenvalue weighted by atomic mass is 16.2. The van der Waals surface area contributed by atoms with Crippen molar-refractivity contribution in [3.63, 3.8) is 0 Å². The van der Waals surface area contributed by atoms with Gasteiger partial charge in [-0.05, 0) is 50.7 Å². The molecule has 4 aromatic rings. The van der Waals surface area contributed by atoms with Crippen molar-refractivity contribution in [1.82, 2.24) is 4.90 Å². The smallest absolute Gasteiger partial charge is 0.253 e. The van der Waals surface area contributed by atoms with Crippen molar-refractivity contribution in [3.05, 3.63) is 72.3 Å². The average molecular weight is 339 g/mol. The van der Waals surface area contributed by atoms with Gasteiger partial charge in [-0.15, -0.1) is 0 Å². The number of aryl methyl sites for hydroxylation is 1. The Bertz CT molecular complexity index is 1170. The molecule has 3 heteroatoms. The van der Waals surface area contributed by atoms with Gasteiger partial charge in [0.15, 0.2) is 0 Å². The van der Waals surface area contributed by atoms with Crippen LogP contribution in [-0.4, -0.2) is 23.3 Å². The lowest BCUT2D eigenvalue weighted by Gasteiger charge is -2.16. The van der Waals surface area contributed by atoms with Crippen LogP contribution in [0.1, 0.15) is 12.0 Å². The first-order chi connectivity index (χ1) is 12.7. The second-order valence-electron chi connectivity index (χ2n) is 6.85. The predicted molar refractivity (Wildman–Crippen MR) is 104 cm³/mol. The molecule has 26 heavy (non-hydrogen) atoms. The summed E-state index contributed by atoms with van der Waals surface area (Å²) in [4.78, 5) is 24.7. The molecular formula is C23H17NO2. The lowest BCUT2D eigenvalue weighted by Crippen LogP contribution is -2.31. The molecule has 0 aromatic heterocycles. The molecule has 0 saturated carbocycles. The number of hydrogen-bond acceptors (Lipinski definition) is 2. The maximum absolute atomic E-state index is 11.7. The normalized spacial score (nSPS) is 14.5. The molecular weight excluding hydrogens is 322 g/mol. The Kier molecular flexibility index (Phi) is 3.29. The highest BCUT2D eigenvalue weighted by Gasteiger charge is 2.22. The Hall–Kier alpha value is -3.20. The van der Waals surface area contributed by atoms with E-state index < -0.39 is 0 Å². The Labute approximate surface area is 150 Å². The lowest BCUT2D eigenvalue weighted by atomic mass is 9.91. The van der Waals surface area contributed by atoms with Gasteiger partial charge in [-0.25, -0.2) is 0 Å². The van der Waals surface area contributed by atoms with Crippen LogP contribution in [0.2, 0.25) is 0 Å². The summed E-state index contributed by atoms with van der Waals surface area (Å²) >= 11 is 0. The number of nitrogens with zero attached hydrogens (tertiary/aromatic N) is 1. The van der Waals surface area contributed by atoms with Crippen LogP contribution in [0.25, 0.3) is 32.3 Å². The van der Waals surface area contributed by atoms with Crippen LogP contribution in [0.15, 0.2) is 66.7 Å². The maximum atomic E-state index is 11.7. The minimum absolute atomic E-state index is 0.203. The average Bonchev–Trinajstić information content (AvgIpc) is 2.99. The van der Waals surface area contributed by atoms with E-state index in [2.05, 4.69) is 54.6 Å². The number of rotatable bonds is 4. The zero-order valence-electron chi connectivity index (χ0n) is 14.2. The van der Waals surface area contributed by atoms with E-state index in [0.29, 0.717) is 6.54 Å². The molecule has 2 amide bonds. The van der Waals surface area contributed by atoms with Gasteiger partial charge < -0.3 is 0 Å². The second-order valence-corrected chi connectivity index (χ2v) is 6.85. The summed E-state index contributed by atoms with van der Waals surface area (Å²) in [5, 5.41) is 7.67. The quantitative estimate of drug-likeness (QED) is 0.407. The number of amides is 2. The summed E-state index contributed by atoms with van der Waals surface area (Å²) in [5.74, 6) is -0.407. The Morgan fingerprint density at radius 3 is 2.04 bits per heavy atom. The van der Waals surface area contributed by atoms with E-state index in [1.54, 1.807) is 0 Å². The second kappa shape index (κ2) is 5.67. The highest BCUT2D eigenvalue weighted by Crippen LogP contribution is 2.36. The van der Waals surface area contributed by atoms with E-state index in [-0.39, 0.29) is 11.8 Å². The van der Waals surface area contributed by atoms with Crippen molar-refractivity contribution in [1.29, 1.82) is 0 Å². The standard InChI is InChI=1S/C23H17NO2/c25-20-12-13-21(26)24(20)14-2-5-15-6-7-18-9-8-16-3-1-4-17-10-11-19(15)23(18)22(16)17/h1,3-4,6-13H,2,5,14H2. The molecule has 1 heterocycles. The van der Waals surface area contributed by atoms with Crippen molar-refractivity contribution in [2.75, 3.05) is 6.54 Å². The van der Waals surface area contributed by atoms with Crippen molar-refractivity contribution >= 4 is 44.1 Å². The molecule has 5 rings (SSSR count). The number of imide groups is 1. The van der Waals surface area contributed by atoms with E-state index in [1.165, 1.54) is 54.9 Å².